The summed E-state index contributed by atoms with van der Waals surface area (Å²) >= 11 is 0. The van der Waals surface area contributed by atoms with Crippen LogP contribution in [0.5, 0.6) is 0 Å². The highest BCUT2D eigenvalue weighted by Gasteiger charge is 2.40. The second-order valence-corrected chi connectivity index (χ2v) is 5.01. The summed E-state index contributed by atoms with van der Waals surface area (Å²) in [7, 11) is 0. The number of nitro benzene ring substituents is 1. The summed E-state index contributed by atoms with van der Waals surface area (Å²) in [6.45, 7) is 3.75. The smallest absolute Gasteiger partial charge is 0.269 e. The highest BCUT2D eigenvalue weighted by atomic mass is 16.6. The van der Waals surface area contributed by atoms with Crippen molar-refractivity contribution in [3.05, 3.63) is 52.6 Å². The van der Waals surface area contributed by atoms with Gasteiger partial charge in [-0.25, -0.2) is 0 Å². The number of rotatable bonds is 4. The number of ketones is 1. The van der Waals surface area contributed by atoms with E-state index in [-0.39, 0.29) is 11.5 Å². The summed E-state index contributed by atoms with van der Waals surface area (Å²) in [6.07, 6.45) is 5.70. The van der Waals surface area contributed by atoms with Gasteiger partial charge < -0.3 is 0 Å². The molecule has 1 aliphatic rings. The Labute approximate surface area is 112 Å². The van der Waals surface area contributed by atoms with E-state index < -0.39 is 10.3 Å². The zero-order valence-electron chi connectivity index (χ0n) is 10.8. The third kappa shape index (κ3) is 2.43. The average Bonchev–Trinajstić information content (AvgIpc) is 2.42. The summed E-state index contributed by atoms with van der Waals surface area (Å²) in [4.78, 5) is 22.6. The quantitative estimate of drug-likeness (QED) is 0.472. The fraction of sp³-hybridized carbons (Fsp3) is 0.400. The van der Waals surface area contributed by atoms with E-state index >= 15 is 0 Å². The molecule has 0 aromatic heterocycles. The van der Waals surface area contributed by atoms with Gasteiger partial charge in [-0.2, -0.15) is 0 Å². The number of nitro groups is 1. The second-order valence-electron chi connectivity index (χ2n) is 5.01. The van der Waals surface area contributed by atoms with Crippen LogP contribution in [0.15, 0.2) is 36.9 Å². The number of non-ortho nitro benzene ring substituents is 1. The fourth-order valence-corrected chi connectivity index (χ4v) is 2.88. The van der Waals surface area contributed by atoms with Crippen LogP contribution < -0.4 is 0 Å². The number of nitrogens with zero attached hydrogens (tertiary/aromatic N) is 1. The van der Waals surface area contributed by atoms with Crippen molar-refractivity contribution in [2.24, 2.45) is 0 Å². The summed E-state index contributed by atoms with van der Waals surface area (Å²) in [5.74, 6) is 0.229. The molecule has 100 valence electrons. The molecule has 0 aliphatic heterocycles. The van der Waals surface area contributed by atoms with Gasteiger partial charge in [0.25, 0.3) is 5.69 Å². The first-order chi connectivity index (χ1) is 9.10. The van der Waals surface area contributed by atoms with E-state index in [1.165, 1.54) is 12.1 Å². The van der Waals surface area contributed by atoms with Crippen LogP contribution in [-0.4, -0.2) is 10.7 Å². The third-order valence-electron chi connectivity index (χ3n) is 3.91. The molecule has 1 saturated carbocycles. The van der Waals surface area contributed by atoms with Gasteiger partial charge in [-0.15, -0.1) is 6.58 Å². The Morgan fingerprint density at radius 2 is 2.00 bits per heavy atom. The number of Topliss-reactive ketones (excluding diaryl/α,β-unsaturated/α-hetero) is 1. The van der Waals surface area contributed by atoms with Crippen molar-refractivity contribution in [3.63, 3.8) is 0 Å². The van der Waals surface area contributed by atoms with Crippen molar-refractivity contribution in [3.8, 4) is 0 Å². The molecule has 4 nitrogen and oxygen atoms in total. The molecular formula is C15H17NO3. The summed E-state index contributed by atoms with van der Waals surface area (Å²) in [5.41, 5.74) is 0.415. The Balaban J connectivity index is 2.40. The van der Waals surface area contributed by atoms with Gasteiger partial charge in [-0.1, -0.05) is 24.6 Å². The van der Waals surface area contributed by atoms with Crippen LogP contribution >= 0.6 is 0 Å². The standard InChI is InChI=1S/C15H17NO3/c1-2-10-15(11-4-3-5-14(15)17)12-6-8-13(9-7-12)16(18)19/h2,6-9H,1,3-5,10-11H2/t15-/m1/s1. The number of benzene rings is 1. The molecule has 1 aromatic carbocycles. The van der Waals surface area contributed by atoms with E-state index in [0.29, 0.717) is 12.8 Å². The Kier molecular flexibility index (Phi) is 3.79. The highest BCUT2D eigenvalue weighted by Crippen LogP contribution is 2.40. The fourth-order valence-electron chi connectivity index (χ4n) is 2.88. The molecule has 0 N–H and O–H groups in total. The minimum Gasteiger partial charge on any atom is -0.299 e. The Bertz CT molecular complexity index is 507. The van der Waals surface area contributed by atoms with Gasteiger partial charge in [0.1, 0.15) is 5.78 Å². The lowest BCUT2D eigenvalue weighted by molar-refractivity contribution is -0.384. The van der Waals surface area contributed by atoms with Crippen LogP contribution in [0.2, 0.25) is 0 Å². The molecule has 2 rings (SSSR count). The minimum atomic E-state index is -0.519. The zero-order valence-corrected chi connectivity index (χ0v) is 10.8. The molecular weight excluding hydrogens is 242 g/mol. The average molecular weight is 259 g/mol. The maximum atomic E-state index is 12.3. The molecule has 0 unspecified atom stereocenters. The largest absolute Gasteiger partial charge is 0.299 e. The van der Waals surface area contributed by atoms with Crippen molar-refractivity contribution in [2.75, 3.05) is 0 Å². The Hall–Kier alpha value is -1.97. The predicted octanol–water partition coefficient (Wildman–Crippen LogP) is 3.55. The third-order valence-corrected chi connectivity index (χ3v) is 3.91. The van der Waals surface area contributed by atoms with E-state index in [1.54, 1.807) is 18.2 Å². The number of hydrogen-bond donors (Lipinski definition) is 0. The Morgan fingerprint density at radius 1 is 1.32 bits per heavy atom. The lowest BCUT2D eigenvalue weighted by Gasteiger charge is -2.35. The van der Waals surface area contributed by atoms with Crippen molar-refractivity contribution < 1.29 is 9.72 Å². The van der Waals surface area contributed by atoms with Crippen LogP contribution in [0.3, 0.4) is 0 Å². The molecule has 1 aromatic rings. The number of allylic oxidation sites excluding steroid dienone is 1. The molecule has 0 radical (unpaired) electrons. The maximum absolute atomic E-state index is 12.3. The van der Waals surface area contributed by atoms with Crippen molar-refractivity contribution >= 4 is 11.5 Å². The van der Waals surface area contributed by atoms with Gasteiger partial charge in [0.15, 0.2) is 0 Å². The molecule has 1 aliphatic carbocycles. The zero-order chi connectivity index (χ0) is 13.9. The monoisotopic (exact) mass is 259 g/mol. The molecule has 0 spiro atoms. The van der Waals surface area contributed by atoms with Gasteiger partial charge in [0, 0.05) is 18.6 Å². The van der Waals surface area contributed by atoms with Crippen LogP contribution in [0, 0.1) is 10.1 Å². The summed E-state index contributed by atoms with van der Waals surface area (Å²) in [6, 6.07) is 6.37. The minimum absolute atomic E-state index is 0.0563. The lowest BCUT2D eigenvalue weighted by atomic mass is 9.66. The van der Waals surface area contributed by atoms with Gasteiger partial charge in [0.2, 0.25) is 0 Å². The van der Waals surface area contributed by atoms with Crippen molar-refractivity contribution in [1.29, 1.82) is 0 Å². The first-order valence-corrected chi connectivity index (χ1v) is 6.49. The summed E-state index contributed by atoms with van der Waals surface area (Å²) < 4.78 is 0. The molecule has 19 heavy (non-hydrogen) atoms. The van der Waals surface area contributed by atoms with Crippen molar-refractivity contribution in [1.82, 2.24) is 0 Å². The van der Waals surface area contributed by atoms with Crippen LogP contribution in [-0.2, 0) is 10.2 Å². The van der Waals surface area contributed by atoms with Gasteiger partial charge >= 0.3 is 0 Å². The number of carbonyl (C=O) groups is 1. The van der Waals surface area contributed by atoms with Gasteiger partial charge in [-0.3, -0.25) is 14.9 Å². The van der Waals surface area contributed by atoms with E-state index in [9.17, 15) is 14.9 Å². The molecule has 4 heteroatoms. The Morgan fingerprint density at radius 3 is 2.53 bits per heavy atom. The van der Waals surface area contributed by atoms with Crippen LogP contribution in [0.1, 0.15) is 37.7 Å². The molecule has 0 heterocycles. The number of hydrogen-bond acceptors (Lipinski definition) is 3. The normalized spacial score (nSPS) is 23.1. The number of carbonyl (C=O) groups excluding carboxylic acids is 1. The van der Waals surface area contributed by atoms with E-state index in [2.05, 4.69) is 6.58 Å². The molecule has 0 saturated heterocycles. The first-order valence-electron chi connectivity index (χ1n) is 6.49. The molecule has 1 fully saturated rings. The van der Waals surface area contributed by atoms with Gasteiger partial charge in [0.05, 0.1) is 10.3 Å². The lowest BCUT2D eigenvalue weighted by Crippen LogP contribution is -2.38. The predicted molar refractivity (Wildman–Crippen MR) is 73.1 cm³/mol. The van der Waals surface area contributed by atoms with E-state index in [4.69, 9.17) is 0 Å². The summed E-state index contributed by atoms with van der Waals surface area (Å²) in [5, 5.41) is 10.7. The van der Waals surface area contributed by atoms with Crippen LogP contribution in [0.25, 0.3) is 0 Å². The van der Waals surface area contributed by atoms with Crippen molar-refractivity contribution in [2.45, 2.75) is 37.5 Å². The first kappa shape index (κ1) is 13.5. The SMILES string of the molecule is C=CC[C@]1(c2ccc([N+](=O)[O-])cc2)CCCCC1=O. The van der Waals surface area contributed by atoms with Gasteiger partial charge in [-0.05, 0) is 24.8 Å². The topological polar surface area (TPSA) is 60.2 Å². The molecule has 0 amide bonds. The highest BCUT2D eigenvalue weighted by molar-refractivity contribution is 5.91. The molecule has 1 atom stereocenters. The van der Waals surface area contributed by atoms with E-state index in [0.717, 1.165) is 24.8 Å². The maximum Gasteiger partial charge on any atom is 0.269 e. The molecule has 0 bridgehead atoms. The van der Waals surface area contributed by atoms with Crippen LogP contribution in [0.4, 0.5) is 5.69 Å². The van der Waals surface area contributed by atoms with E-state index in [1.807, 2.05) is 0 Å². The second kappa shape index (κ2) is 5.34.